The van der Waals surface area contributed by atoms with E-state index in [-0.39, 0.29) is 17.4 Å². The first-order chi connectivity index (χ1) is 17.3. The fourth-order valence-electron chi connectivity index (χ4n) is 4.87. The largest absolute Gasteiger partial charge is 0.465 e. The number of fused-ring (bicyclic) bond motifs is 2. The fourth-order valence-corrected chi connectivity index (χ4v) is 4.87. The number of para-hydroxylation sites is 1. The Hall–Kier alpha value is -4.20. The average molecular weight is 487 g/mol. The van der Waals surface area contributed by atoms with Gasteiger partial charge in [-0.05, 0) is 60.9 Å². The third-order valence-corrected chi connectivity index (χ3v) is 6.68. The molecule has 1 unspecified atom stereocenters. The van der Waals surface area contributed by atoms with Crippen LogP contribution in [0.25, 0.3) is 10.9 Å². The highest BCUT2D eigenvalue weighted by Crippen LogP contribution is 2.31. The van der Waals surface area contributed by atoms with Gasteiger partial charge in [-0.1, -0.05) is 24.3 Å². The average Bonchev–Trinajstić information content (AvgIpc) is 3.28. The highest BCUT2D eigenvalue weighted by molar-refractivity contribution is 5.95. The van der Waals surface area contributed by atoms with Crippen molar-refractivity contribution in [1.82, 2.24) is 9.55 Å². The number of halogens is 1. The molecular formula is C28H27FN4O3. The SMILES string of the molecule is COC(=O)c1ccccc1NC(C)c1cc(C)cc2c(=O)n(C)c(N3Cc4ccc(F)cc4C3)nc12. The molecule has 1 aromatic heterocycles. The van der Waals surface area contributed by atoms with E-state index in [9.17, 15) is 14.0 Å². The minimum absolute atomic E-state index is 0.149. The minimum Gasteiger partial charge on any atom is -0.465 e. The summed E-state index contributed by atoms with van der Waals surface area (Å²) in [6.07, 6.45) is 0. The second-order valence-corrected chi connectivity index (χ2v) is 9.20. The second kappa shape index (κ2) is 9.11. The van der Waals surface area contributed by atoms with E-state index in [2.05, 4.69) is 5.32 Å². The molecule has 0 saturated carbocycles. The molecule has 2 heterocycles. The van der Waals surface area contributed by atoms with Crippen LogP contribution in [0.4, 0.5) is 16.0 Å². The Balaban J connectivity index is 1.59. The molecule has 3 aromatic carbocycles. The van der Waals surface area contributed by atoms with Gasteiger partial charge in [0.05, 0.1) is 29.6 Å². The van der Waals surface area contributed by atoms with Gasteiger partial charge in [0.25, 0.3) is 5.56 Å². The van der Waals surface area contributed by atoms with Crippen LogP contribution in [-0.2, 0) is 24.9 Å². The van der Waals surface area contributed by atoms with E-state index in [1.54, 1.807) is 29.8 Å². The van der Waals surface area contributed by atoms with Crippen molar-refractivity contribution in [1.29, 1.82) is 0 Å². The summed E-state index contributed by atoms with van der Waals surface area (Å²) < 4.78 is 20.3. The lowest BCUT2D eigenvalue weighted by molar-refractivity contribution is 0.0602. The third kappa shape index (κ3) is 4.08. The molecule has 0 fully saturated rings. The molecule has 1 atom stereocenters. The molecule has 7 nitrogen and oxygen atoms in total. The van der Waals surface area contributed by atoms with Crippen LogP contribution in [-0.4, -0.2) is 22.6 Å². The lowest BCUT2D eigenvalue weighted by Gasteiger charge is -2.23. The molecule has 5 rings (SSSR count). The Labute approximate surface area is 208 Å². The zero-order valence-electron chi connectivity index (χ0n) is 20.6. The molecule has 0 spiro atoms. The summed E-state index contributed by atoms with van der Waals surface area (Å²) in [7, 11) is 3.06. The van der Waals surface area contributed by atoms with Crippen molar-refractivity contribution >= 4 is 28.5 Å². The Morgan fingerprint density at radius 1 is 1.11 bits per heavy atom. The monoisotopic (exact) mass is 486 g/mol. The molecular weight excluding hydrogens is 459 g/mol. The topological polar surface area (TPSA) is 76.5 Å². The Bertz CT molecular complexity index is 1560. The van der Waals surface area contributed by atoms with Crippen LogP contribution in [0.15, 0.2) is 59.4 Å². The molecule has 8 heteroatoms. The van der Waals surface area contributed by atoms with Crippen LogP contribution in [0.2, 0.25) is 0 Å². The van der Waals surface area contributed by atoms with Crippen LogP contribution in [0.3, 0.4) is 0 Å². The van der Waals surface area contributed by atoms with Gasteiger partial charge in [0.15, 0.2) is 0 Å². The summed E-state index contributed by atoms with van der Waals surface area (Å²) in [5, 5.41) is 3.92. The van der Waals surface area contributed by atoms with Crippen molar-refractivity contribution < 1.29 is 13.9 Å². The van der Waals surface area contributed by atoms with Gasteiger partial charge in [0.1, 0.15) is 5.82 Å². The third-order valence-electron chi connectivity index (χ3n) is 6.68. The van der Waals surface area contributed by atoms with Crippen molar-refractivity contribution in [2.24, 2.45) is 7.05 Å². The van der Waals surface area contributed by atoms with Crippen molar-refractivity contribution in [3.8, 4) is 0 Å². The second-order valence-electron chi connectivity index (χ2n) is 9.20. The van der Waals surface area contributed by atoms with Crippen molar-refractivity contribution in [2.75, 3.05) is 17.3 Å². The van der Waals surface area contributed by atoms with Gasteiger partial charge in [-0.25, -0.2) is 14.2 Å². The highest BCUT2D eigenvalue weighted by atomic mass is 19.1. The first-order valence-electron chi connectivity index (χ1n) is 11.7. The van der Waals surface area contributed by atoms with Gasteiger partial charge in [0, 0.05) is 31.4 Å². The van der Waals surface area contributed by atoms with Gasteiger partial charge in [-0.3, -0.25) is 9.36 Å². The van der Waals surface area contributed by atoms with Gasteiger partial charge in [0.2, 0.25) is 5.95 Å². The molecule has 0 aliphatic carbocycles. The molecule has 0 bridgehead atoms. The summed E-state index contributed by atoms with van der Waals surface area (Å²) in [5.41, 5.74) is 5.19. The number of methoxy groups -OCH3 is 1. The smallest absolute Gasteiger partial charge is 0.339 e. The zero-order chi connectivity index (χ0) is 25.6. The number of nitrogens with zero attached hydrogens (tertiary/aromatic N) is 3. The molecule has 1 aliphatic heterocycles. The normalized spacial score (nSPS) is 13.5. The van der Waals surface area contributed by atoms with Gasteiger partial charge < -0.3 is 15.0 Å². The molecule has 0 saturated heterocycles. The summed E-state index contributed by atoms with van der Waals surface area (Å²) in [6.45, 7) is 4.93. The lowest BCUT2D eigenvalue weighted by Crippen LogP contribution is -2.28. The van der Waals surface area contributed by atoms with E-state index >= 15 is 0 Å². The van der Waals surface area contributed by atoms with Crippen LogP contribution in [0.5, 0.6) is 0 Å². The van der Waals surface area contributed by atoms with Crippen LogP contribution < -0.4 is 15.8 Å². The van der Waals surface area contributed by atoms with E-state index in [4.69, 9.17) is 9.72 Å². The van der Waals surface area contributed by atoms with Crippen molar-refractivity contribution in [2.45, 2.75) is 33.0 Å². The molecule has 36 heavy (non-hydrogen) atoms. The first-order valence-corrected chi connectivity index (χ1v) is 11.7. The maximum atomic E-state index is 13.8. The number of hydrogen-bond donors (Lipinski definition) is 1. The number of ether oxygens (including phenoxy) is 1. The number of nitrogens with one attached hydrogen (secondary N) is 1. The fraction of sp³-hybridized carbons (Fsp3) is 0.250. The molecule has 1 N–H and O–H groups in total. The first kappa shape index (κ1) is 23.5. The molecule has 184 valence electrons. The number of benzene rings is 3. The van der Waals surface area contributed by atoms with E-state index in [1.165, 1.54) is 19.2 Å². The molecule has 0 radical (unpaired) electrons. The number of carbonyl (C=O) groups excluding carboxylic acids is 1. The zero-order valence-corrected chi connectivity index (χ0v) is 20.6. The number of hydrogen-bond acceptors (Lipinski definition) is 6. The number of esters is 1. The number of anilines is 2. The molecule has 4 aromatic rings. The molecule has 1 aliphatic rings. The van der Waals surface area contributed by atoms with Crippen LogP contribution in [0, 0.1) is 12.7 Å². The number of aromatic nitrogens is 2. The Morgan fingerprint density at radius 3 is 2.64 bits per heavy atom. The summed E-state index contributed by atoms with van der Waals surface area (Å²) >= 11 is 0. The Morgan fingerprint density at radius 2 is 1.86 bits per heavy atom. The highest BCUT2D eigenvalue weighted by Gasteiger charge is 2.25. The van der Waals surface area contributed by atoms with E-state index in [0.717, 1.165) is 22.3 Å². The van der Waals surface area contributed by atoms with Crippen LogP contribution in [0.1, 0.15) is 45.6 Å². The number of carbonyl (C=O) groups is 1. The number of rotatable bonds is 5. The van der Waals surface area contributed by atoms with Crippen molar-refractivity contribution in [3.63, 3.8) is 0 Å². The quantitative estimate of drug-likeness (QED) is 0.406. The van der Waals surface area contributed by atoms with Gasteiger partial charge >= 0.3 is 5.97 Å². The summed E-state index contributed by atoms with van der Waals surface area (Å²) in [4.78, 5) is 32.7. The standard InChI is InChI=1S/C28H27FN4O3/c1-16-11-22(17(2)30-24-8-6-5-7-21(24)27(35)36-4)25-23(12-16)26(34)32(3)28(31-25)33-14-18-9-10-20(29)13-19(18)15-33/h5-13,17,30H,14-15H2,1-4H3. The molecule has 0 amide bonds. The number of aryl methyl sites for hydroxylation is 1. The minimum atomic E-state index is -0.432. The predicted molar refractivity (Wildman–Crippen MR) is 138 cm³/mol. The van der Waals surface area contributed by atoms with Gasteiger partial charge in [-0.2, -0.15) is 0 Å². The maximum absolute atomic E-state index is 13.8. The van der Waals surface area contributed by atoms with E-state index in [1.807, 2.05) is 43.0 Å². The summed E-state index contributed by atoms with van der Waals surface area (Å²) in [5.74, 6) is -0.184. The van der Waals surface area contributed by atoms with Crippen LogP contribution >= 0.6 is 0 Å². The summed E-state index contributed by atoms with van der Waals surface area (Å²) in [6, 6.07) is 15.5. The van der Waals surface area contributed by atoms with E-state index < -0.39 is 5.97 Å². The van der Waals surface area contributed by atoms with E-state index in [0.29, 0.717) is 41.2 Å². The maximum Gasteiger partial charge on any atom is 0.339 e. The predicted octanol–water partition coefficient (Wildman–Crippen LogP) is 4.86. The lowest BCUT2D eigenvalue weighted by atomic mass is 10.0. The van der Waals surface area contributed by atoms with Gasteiger partial charge in [-0.15, -0.1) is 0 Å². The van der Waals surface area contributed by atoms with Crippen molar-refractivity contribution in [3.05, 3.63) is 98.6 Å². The Kier molecular flexibility index (Phi) is 5.96.